The van der Waals surface area contributed by atoms with Crippen LogP contribution in [0.4, 0.5) is 5.69 Å². The molecule has 1 spiro atoms. The SMILES string of the molecule is CCN(C(=O)C1CC12CCOc1ccccc12)c1cccnc1C. The summed E-state index contributed by atoms with van der Waals surface area (Å²) in [4.78, 5) is 19.5. The Morgan fingerprint density at radius 3 is 2.96 bits per heavy atom. The van der Waals surface area contributed by atoms with Crippen LogP contribution in [0.25, 0.3) is 0 Å². The molecule has 0 radical (unpaired) electrons. The van der Waals surface area contributed by atoms with Crippen LogP contribution in [0.3, 0.4) is 0 Å². The zero-order valence-electron chi connectivity index (χ0n) is 14.2. The average molecular weight is 322 g/mol. The number of rotatable bonds is 3. The van der Waals surface area contributed by atoms with Crippen molar-refractivity contribution >= 4 is 11.6 Å². The number of carbonyl (C=O) groups is 1. The third-order valence-electron chi connectivity index (χ3n) is 5.45. The second-order valence-corrected chi connectivity index (χ2v) is 6.70. The molecule has 1 fully saturated rings. The van der Waals surface area contributed by atoms with Crippen LogP contribution in [0.2, 0.25) is 0 Å². The van der Waals surface area contributed by atoms with Gasteiger partial charge >= 0.3 is 0 Å². The maximum atomic E-state index is 13.2. The van der Waals surface area contributed by atoms with Crippen LogP contribution >= 0.6 is 0 Å². The highest BCUT2D eigenvalue weighted by Gasteiger charge is 2.61. The molecule has 4 heteroatoms. The summed E-state index contributed by atoms with van der Waals surface area (Å²) in [5, 5.41) is 0. The van der Waals surface area contributed by atoms with Crippen LogP contribution in [0.5, 0.6) is 5.75 Å². The quantitative estimate of drug-likeness (QED) is 0.869. The highest BCUT2D eigenvalue weighted by molar-refractivity contribution is 5.98. The van der Waals surface area contributed by atoms with E-state index in [0.29, 0.717) is 13.2 Å². The van der Waals surface area contributed by atoms with E-state index in [-0.39, 0.29) is 17.2 Å². The van der Waals surface area contributed by atoms with E-state index in [1.807, 2.05) is 49.1 Å². The van der Waals surface area contributed by atoms with Gasteiger partial charge in [0.1, 0.15) is 5.75 Å². The molecule has 2 heterocycles. The fourth-order valence-corrected chi connectivity index (χ4v) is 4.08. The second-order valence-electron chi connectivity index (χ2n) is 6.70. The minimum atomic E-state index is -0.0323. The third-order valence-corrected chi connectivity index (χ3v) is 5.45. The maximum Gasteiger partial charge on any atom is 0.231 e. The van der Waals surface area contributed by atoms with Crippen molar-refractivity contribution in [2.45, 2.75) is 32.1 Å². The van der Waals surface area contributed by atoms with Gasteiger partial charge in [0.25, 0.3) is 0 Å². The van der Waals surface area contributed by atoms with E-state index >= 15 is 0 Å². The van der Waals surface area contributed by atoms with Crippen molar-refractivity contribution in [1.82, 2.24) is 4.98 Å². The monoisotopic (exact) mass is 322 g/mol. The van der Waals surface area contributed by atoms with Gasteiger partial charge in [0, 0.05) is 29.6 Å². The van der Waals surface area contributed by atoms with Crippen molar-refractivity contribution in [3.05, 3.63) is 53.9 Å². The Balaban J connectivity index is 1.65. The largest absolute Gasteiger partial charge is 0.493 e. The van der Waals surface area contributed by atoms with E-state index < -0.39 is 0 Å². The lowest BCUT2D eigenvalue weighted by Crippen LogP contribution is -2.36. The Bertz CT molecular complexity index is 789. The first kappa shape index (κ1) is 15.2. The summed E-state index contributed by atoms with van der Waals surface area (Å²) in [7, 11) is 0. The number of nitrogens with zero attached hydrogens (tertiary/aromatic N) is 2. The molecule has 1 aromatic heterocycles. The lowest BCUT2D eigenvalue weighted by molar-refractivity contribution is -0.120. The molecule has 2 unspecified atom stereocenters. The standard InChI is InChI=1S/C20H22N2O2/c1-3-22(17-8-6-11-21-14(17)2)19(23)16-13-20(16)10-12-24-18-9-5-4-7-15(18)20/h4-9,11,16H,3,10,12-13H2,1-2H3. The van der Waals surface area contributed by atoms with Gasteiger partial charge in [0.05, 0.1) is 18.0 Å². The first-order valence-electron chi connectivity index (χ1n) is 8.62. The number of amides is 1. The summed E-state index contributed by atoms with van der Waals surface area (Å²) in [6, 6.07) is 12.0. The Morgan fingerprint density at radius 1 is 1.33 bits per heavy atom. The van der Waals surface area contributed by atoms with Crippen LogP contribution in [0.1, 0.15) is 31.0 Å². The molecular weight excluding hydrogens is 300 g/mol. The molecule has 2 atom stereocenters. The summed E-state index contributed by atoms with van der Waals surface area (Å²) in [6.07, 6.45) is 3.61. The molecule has 2 aromatic rings. The summed E-state index contributed by atoms with van der Waals surface area (Å²) in [6.45, 7) is 5.34. The number of pyridine rings is 1. The second kappa shape index (κ2) is 5.62. The molecule has 1 aromatic carbocycles. The van der Waals surface area contributed by atoms with Crippen molar-refractivity contribution in [1.29, 1.82) is 0 Å². The number of carbonyl (C=O) groups excluding carboxylic acids is 1. The van der Waals surface area contributed by atoms with Crippen LogP contribution < -0.4 is 9.64 Å². The smallest absolute Gasteiger partial charge is 0.231 e. The predicted octanol–water partition coefficient (Wildman–Crippen LogP) is 3.48. The van der Waals surface area contributed by atoms with Gasteiger partial charge in [0.2, 0.25) is 5.91 Å². The lowest BCUT2D eigenvalue weighted by atomic mass is 9.87. The number of benzene rings is 1. The zero-order valence-corrected chi connectivity index (χ0v) is 14.2. The number of aromatic nitrogens is 1. The molecule has 24 heavy (non-hydrogen) atoms. The maximum absolute atomic E-state index is 13.2. The topological polar surface area (TPSA) is 42.4 Å². The fraction of sp³-hybridized carbons (Fsp3) is 0.400. The minimum absolute atomic E-state index is 0.0323. The molecule has 0 saturated heterocycles. The van der Waals surface area contributed by atoms with Gasteiger partial charge in [-0.05, 0) is 44.9 Å². The van der Waals surface area contributed by atoms with E-state index in [2.05, 4.69) is 11.1 Å². The third kappa shape index (κ3) is 2.20. The average Bonchev–Trinajstić information content (AvgIpc) is 3.32. The lowest BCUT2D eigenvalue weighted by Gasteiger charge is -2.28. The number of fused-ring (bicyclic) bond motifs is 2. The van der Waals surface area contributed by atoms with Crippen LogP contribution in [0, 0.1) is 12.8 Å². The molecule has 4 nitrogen and oxygen atoms in total. The van der Waals surface area contributed by atoms with Gasteiger partial charge in [-0.3, -0.25) is 9.78 Å². The van der Waals surface area contributed by atoms with Gasteiger partial charge in [-0.2, -0.15) is 0 Å². The molecule has 2 aliphatic rings. The zero-order chi connectivity index (χ0) is 16.7. The van der Waals surface area contributed by atoms with Crippen LogP contribution in [-0.4, -0.2) is 24.0 Å². The van der Waals surface area contributed by atoms with Crippen molar-refractivity contribution in [2.75, 3.05) is 18.1 Å². The van der Waals surface area contributed by atoms with Gasteiger partial charge in [-0.15, -0.1) is 0 Å². The van der Waals surface area contributed by atoms with Crippen molar-refractivity contribution in [3.63, 3.8) is 0 Å². The van der Waals surface area contributed by atoms with E-state index in [4.69, 9.17) is 4.74 Å². The summed E-state index contributed by atoms with van der Waals surface area (Å²) in [5.74, 6) is 1.20. The summed E-state index contributed by atoms with van der Waals surface area (Å²) < 4.78 is 5.78. The number of hydrogen-bond donors (Lipinski definition) is 0. The Morgan fingerprint density at radius 2 is 2.17 bits per heavy atom. The van der Waals surface area contributed by atoms with Crippen LogP contribution in [0.15, 0.2) is 42.6 Å². The first-order valence-corrected chi connectivity index (χ1v) is 8.62. The summed E-state index contributed by atoms with van der Waals surface area (Å²) in [5.41, 5.74) is 2.99. The Kier molecular flexibility index (Phi) is 3.56. The minimum Gasteiger partial charge on any atom is -0.493 e. The fourth-order valence-electron chi connectivity index (χ4n) is 4.08. The predicted molar refractivity (Wildman–Crippen MR) is 93.3 cm³/mol. The van der Waals surface area contributed by atoms with Gasteiger partial charge < -0.3 is 9.64 Å². The molecule has 0 N–H and O–H groups in total. The molecular formula is C20H22N2O2. The van der Waals surface area contributed by atoms with Gasteiger partial charge in [-0.1, -0.05) is 18.2 Å². The number of aryl methyl sites for hydroxylation is 1. The van der Waals surface area contributed by atoms with Gasteiger partial charge in [0.15, 0.2) is 0 Å². The number of hydrogen-bond acceptors (Lipinski definition) is 3. The normalized spacial score (nSPS) is 24.2. The molecule has 124 valence electrons. The van der Waals surface area contributed by atoms with E-state index in [1.165, 1.54) is 5.56 Å². The molecule has 4 rings (SSSR count). The van der Waals surface area contributed by atoms with Crippen molar-refractivity contribution < 1.29 is 9.53 Å². The number of para-hydroxylation sites is 1. The van der Waals surface area contributed by atoms with E-state index in [1.54, 1.807) is 6.20 Å². The van der Waals surface area contributed by atoms with Crippen molar-refractivity contribution in [2.24, 2.45) is 5.92 Å². The Hall–Kier alpha value is -2.36. The molecule has 0 bridgehead atoms. The van der Waals surface area contributed by atoms with E-state index in [9.17, 15) is 4.79 Å². The molecule has 1 aliphatic heterocycles. The highest BCUT2D eigenvalue weighted by atomic mass is 16.5. The number of anilines is 1. The molecule has 1 aliphatic carbocycles. The molecule has 1 saturated carbocycles. The first-order chi connectivity index (χ1) is 11.7. The Labute approximate surface area is 142 Å². The number of ether oxygens (including phenoxy) is 1. The summed E-state index contributed by atoms with van der Waals surface area (Å²) >= 11 is 0. The molecule has 1 amide bonds. The van der Waals surface area contributed by atoms with Gasteiger partial charge in [-0.25, -0.2) is 0 Å². The van der Waals surface area contributed by atoms with Crippen LogP contribution in [-0.2, 0) is 10.2 Å². The highest BCUT2D eigenvalue weighted by Crippen LogP contribution is 2.61. The van der Waals surface area contributed by atoms with Crippen molar-refractivity contribution in [3.8, 4) is 5.75 Å². The van der Waals surface area contributed by atoms with E-state index in [0.717, 1.165) is 30.0 Å².